The van der Waals surface area contributed by atoms with Crippen LogP contribution >= 0.6 is 0 Å². The van der Waals surface area contributed by atoms with Crippen molar-refractivity contribution in [3.05, 3.63) is 0 Å². The first-order valence-electron chi connectivity index (χ1n) is 0. The smallest absolute Gasteiger partial charge is 0 e. The van der Waals surface area contributed by atoms with E-state index >= 15 is 0 Å². The van der Waals surface area contributed by atoms with Crippen LogP contribution in [0.4, 0.5) is 0 Å². The molecule has 0 unspecified atom stereocenters. The molecular weight excluding hydrogens is 204 g/mol. The van der Waals surface area contributed by atoms with Gasteiger partial charge in [0.2, 0.25) is 0 Å². The van der Waals surface area contributed by atoms with Gasteiger partial charge in [-0.05, 0) is 0 Å². The summed E-state index contributed by atoms with van der Waals surface area (Å²) in [4.78, 5) is 0. The summed E-state index contributed by atoms with van der Waals surface area (Å²) in [6, 6.07) is 0. The van der Waals surface area contributed by atoms with Crippen LogP contribution in [0.3, 0.4) is 0 Å². The van der Waals surface area contributed by atoms with E-state index in [0.29, 0.717) is 0 Å². The van der Waals surface area contributed by atoms with Crippen LogP contribution in [0.5, 0.6) is 0 Å². The topological polar surface area (TPSA) is 0 Å². The van der Waals surface area contributed by atoms with Gasteiger partial charge in [0.05, 0.1) is 0 Å². The van der Waals surface area contributed by atoms with Gasteiger partial charge in [-0.2, -0.15) is 0 Å². The van der Waals surface area contributed by atoms with Gasteiger partial charge in [-0.25, -0.2) is 0 Å². The minimum Gasteiger partial charge on any atom is 0 e. The maximum absolute atomic E-state index is 0. The van der Waals surface area contributed by atoms with Gasteiger partial charge in [0.25, 0.3) is 0 Å². The van der Waals surface area contributed by atoms with Crippen molar-refractivity contribution in [1.29, 1.82) is 0 Å². The molecule has 0 saturated carbocycles. The van der Waals surface area contributed by atoms with Crippen LogP contribution in [0.15, 0.2) is 0 Å². The second-order valence-electron chi connectivity index (χ2n) is 0. The minimum absolute atomic E-state index is 0. The second kappa shape index (κ2) is 28.7. The van der Waals surface area contributed by atoms with Gasteiger partial charge in [0.15, 0.2) is 0 Å². The van der Waals surface area contributed by atoms with E-state index in [0.717, 1.165) is 0 Å². The maximum atomic E-state index is 0. The van der Waals surface area contributed by atoms with E-state index in [-0.39, 0.29) is 92.3 Å². The molecule has 0 rings (SSSR count). The second-order valence-corrected chi connectivity index (χ2v) is 0. The molecule has 0 bridgehead atoms. The Kier molecular flexibility index (Phi) is 258. The molecule has 0 N–H and O–H groups in total. The van der Waals surface area contributed by atoms with Gasteiger partial charge >= 0.3 is 0 Å². The third-order valence-corrected chi connectivity index (χ3v) is 0. The Labute approximate surface area is 90.9 Å². The molecule has 0 aliphatic heterocycles. The molecule has 5 heavy (non-hydrogen) atoms. The summed E-state index contributed by atoms with van der Waals surface area (Å²) in [5, 5.41) is 0. The Morgan fingerprint density at radius 1 is 1.00 bits per heavy atom. The molecule has 5 radical (unpaired) electrons. The van der Waals surface area contributed by atoms with E-state index < -0.39 is 0 Å². The first-order chi connectivity index (χ1) is 0. The Bertz CT molecular complexity index is 11.6. The first kappa shape index (κ1) is 44.9. The van der Waals surface area contributed by atoms with Crippen molar-refractivity contribution >= 4 is 41.9 Å². The third kappa shape index (κ3) is 19.7. The molecule has 0 amide bonds. The van der Waals surface area contributed by atoms with Gasteiger partial charge in [0.1, 0.15) is 0 Å². The van der Waals surface area contributed by atoms with E-state index in [4.69, 9.17) is 0 Å². The van der Waals surface area contributed by atoms with Crippen LogP contribution < -0.4 is 0 Å². The van der Waals surface area contributed by atoms with Crippen LogP contribution in [0.1, 0.15) is 0 Å². The third-order valence-electron chi connectivity index (χ3n) is 0. The van der Waals surface area contributed by atoms with Crippen molar-refractivity contribution in [2.75, 3.05) is 0 Å². The molecule has 0 saturated heterocycles. The number of hydrogen-bond acceptors (Lipinski definition) is 0. The molecule has 0 aliphatic rings. The van der Waals surface area contributed by atoms with Crippen LogP contribution in [0, 0.1) is 0 Å². The molecule has 0 fully saturated rings. The van der Waals surface area contributed by atoms with E-state index in [2.05, 4.69) is 0 Å². The minimum atomic E-state index is 0. The molecular formula is CoLiMgMnNi. The van der Waals surface area contributed by atoms with Gasteiger partial charge in [0, 0.05) is 92.3 Å². The fraction of sp³-hybridized carbons (Fsp3) is 0. The van der Waals surface area contributed by atoms with Crippen LogP contribution in [0.25, 0.3) is 0 Å². The fourth-order valence-electron chi connectivity index (χ4n) is 0. The van der Waals surface area contributed by atoms with Crippen LogP contribution in [0.2, 0.25) is 0 Å². The summed E-state index contributed by atoms with van der Waals surface area (Å²) in [5.41, 5.74) is 0. The molecule has 0 aromatic rings. The van der Waals surface area contributed by atoms with Crippen molar-refractivity contribution in [3.8, 4) is 0 Å². The summed E-state index contributed by atoms with van der Waals surface area (Å²) in [6.07, 6.45) is 0. The summed E-state index contributed by atoms with van der Waals surface area (Å²) < 4.78 is 0. The Morgan fingerprint density at radius 2 is 1.00 bits per heavy atom. The Morgan fingerprint density at radius 3 is 1.00 bits per heavy atom. The normalized spacial score (nSPS) is 0. The van der Waals surface area contributed by atoms with Gasteiger partial charge in [-0.1, -0.05) is 0 Å². The maximum Gasteiger partial charge on any atom is 0 e. The summed E-state index contributed by atoms with van der Waals surface area (Å²) >= 11 is 0. The molecule has 0 nitrogen and oxygen atoms in total. The summed E-state index contributed by atoms with van der Waals surface area (Å²) in [6.45, 7) is 0. The van der Waals surface area contributed by atoms with Gasteiger partial charge in [-0.3, -0.25) is 0 Å². The van der Waals surface area contributed by atoms with Crippen LogP contribution in [-0.4, -0.2) is 41.9 Å². The van der Waals surface area contributed by atoms with Crippen molar-refractivity contribution in [2.24, 2.45) is 0 Å². The van der Waals surface area contributed by atoms with E-state index in [9.17, 15) is 0 Å². The molecule has 0 aromatic heterocycles. The largest absolute Gasteiger partial charge is 0 e. The molecule has 0 atom stereocenters. The summed E-state index contributed by atoms with van der Waals surface area (Å²) in [7, 11) is 0. The molecule has 0 aliphatic carbocycles. The van der Waals surface area contributed by atoms with Gasteiger partial charge < -0.3 is 0 Å². The predicted octanol–water partition coefficient (Wildman–Crippen LogP) is -0.769. The molecule has 29 valence electrons. The number of hydrogen-bond donors (Lipinski definition) is 0. The Hall–Kier alpha value is 2.88. The fourth-order valence-corrected chi connectivity index (χ4v) is 0. The van der Waals surface area contributed by atoms with E-state index in [1.807, 2.05) is 0 Å². The zero-order valence-electron chi connectivity index (χ0n) is 2.73. The van der Waals surface area contributed by atoms with Gasteiger partial charge in [-0.15, -0.1) is 0 Å². The van der Waals surface area contributed by atoms with Crippen molar-refractivity contribution in [2.45, 2.75) is 0 Å². The van der Waals surface area contributed by atoms with E-state index in [1.54, 1.807) is 0 Å². The zero-order valence-corrected chi connectivity index (χ0v) is 7.36. The average molecular weight is 204 g/mol. The average Bonchev–Trinajstić information content (AvgIpc) is 0. The number of rotatable bonds is 0. The van der Waals surface area contributed by atoms with Crippen LogP contribution in [-0.2, 0) is 50.3 Å². The SMILES string of the molecule is [Co].[Li].[Mg].[Mn].[Ni]. The van der Waals surface area contributed by atoms with Crippen molar-refractivity contribution in [3.63, 3.8) is 0 Å². The monoisotopic (exact) mass is 203 g/mol. The summed E-state index contributed by atoms with van der Waals surface area (Å²) in [5.74, 6) is 0. The van der Waals surface area contributed by atoms with E-state index in [1.165, 1.54) is 0 Å². The quantitative estimate of drug-likeness (QED) is 0.454. The predicted molar refractivity (Wildman–Crippen MR) is 11.5 cm³/mol. The molecule has 0 aromatic carbocycles. The molecule has 5 heteroatoms. The van der Waals surface area contributed by atoms with Crippen molar-refractivity contribution in [1.82, 2.24) is 0 Å². The van der Waals surface area contributed by atoms with Crippen molar-refractivity contribution < 1.29 is 50.3 Å². The standard InChI is InChI=1S/Co.Li.Mg.Mn.Ni. The molecule has 0 heterocycles. The first-order valence-corrected chi connectivity index (χ1v) is 0. The Balaban J connectivity index is 0. The zero-order chi connectivity index (χ0) is 0. The molecule has 0 spiro atoms.